The highest BCUT2D eigenvalue weighted by Crippen LogP contribution is 2.51. The monoisotopic (exact) mass is 708 g/mol. The first-order valence-corrected chi connectivity index (χ1v) is 19.5. The molecule has 10 aromatic rings. The lowest BCUT2D eigenvalue weighted by Gasteiger charge is -2.28. The summed E-state index contributed by atoms with van der Waals surface area (Å²) in [6, 6.07) is 67.0. The van der Waals surface area contributed by atoms with Gasteiger partial charge in [0.2, 0.25) is 0 Å². The van der Waals surface area contributed by atoms with Crippen LogP contribution in [0.1, 0.15) is 25.0 Å². The Bertz CT molecular complexity index is 3080. The van der Waals surface area contributed by atoms with Crippen LogP contribution in [0.15, 0.2) is 182 Å². The maximum Gasteiger partial charge on any atom is 0.0541 e. The molecule has 2 heterocycles. The van der Waals surface area contributed by atoms with E-state index in [1.54, 1.807) is 0 Å². The van der Waals surface area contributed by atoms with E-state index < -0.39 is 0 Å². The first kappa shape index (κ1) is 31.1. The van der Waals surface area contributed by atoms with E-state index in [9.17, 15) is 0 Å². The molecule has 0 N–H and O–H groups in total. The molecule has 0 amide bonds. The van der Waals surface area contributed by atoms with Crippen molar-refractivity contribution in [3.05, 3.63) is 193 Å². The summed E-state index contributed by atoms with van der Waals surface area (Å²) in [4.78, 5) is 2.41. The second-order valence-electron chi connectivity index (χ2n) is 15.0. The van der Waals surface area contributed by atoms with Crippen LogP contribution in [0, 0.1) is 0 Å². The van der Waals surface area contributed by atoms with Crippen molar-refractivity contribution < 1.29 is 0 Å². The molecule has 256 valence electrons. The highest BCUT2D eigenvalue weighted by atomic mass is 32.1. The van der Waals surface area contributed by atoms with E-state index in [-0.39, 0.29) is 5.41 Å². The first-order chi connectivity index (χ1) is 26.5. The maximum absolute atomic E-state index is 2.41. The van der Waals surface area contributed by atoms with Crippen LogP contribution in [-0.4, -0.2) is 4.57 Å². The van der Waals surface area contributed by atoms with Crippen molar-refractivity contribution in [2.24, 2.45) is 0 Å². The Labute approximate surface area is 318 Å². The third-order valence-electron chi connectivity index (χ3n) is 11.6. The number of hydrogen-bond donors (Lipinski definition) is 0. The maximum atomic E-state index is 2.41. The SMILES string of the molecule is CC1(C)c2ccccc2-c2ccc(N(c3ccccc3)c3ccc4c(c3)sc3ccc(-c5ccc6c(c5)c5ccccc5n6-c5ccccc5)cc34)cc21. The molecular weight excluding hydrogens is 673 g/mol. The molecule has 0 unspecified atom stereocenters. The molecule has 2 nitrogen and oxygen atoms in total. The van der Waals surface area contributed by atoms with Crippen LogP contribution in [0.25, 0.3) is 69.9 Å². The van der Waals surface area contributed by atoms with E-state index in [2.05, 4.69) is 205 Å². The Morgan fingerprint density at radius 1 is 0.426 bits per heavy atom. The van der Waals surface area contributed by atoms with Gasteiger partial charge in [0.15, 0.2) is 0 Å². The highest BCUT2D eigenvalue weighted by Gasteiger charge is 2.35. The quantitative estimate of drug-likeness (QED) is 0.173. The van der Waals surface area contributed by atoms with Gasteiger partial charge in [0.25, 0.3) is 0 Å². The Morgan fingerprint density at radius 3 is 1.93 bits per heavy atom. The number of hydrogen-bond acceptors (Lipinski definition) is 2. The number of benzene rings is 8. The fourth-order valence-corrected chi connectivity index (χ4v) is 10.1. The van der Waals surface area contributed by atoms with Crippen molar-refractivity contribution >= 4 is 70.4 Å². The van der Waals surface area contributed by atoms with Gasteiger partial charge in [-0.25, -0.2) is 0 Å². The zero-order chi connectivity index (χ0) is 36.0. The third-order valence-corrected chi connectivity index (χ3v) is 12.7. The van der Waals surface area contributed by atoms with E-state index in [4.69, 9.17) is 0 Å². The molecule has 3 heteroatoms. The molecule has 1 aliphatic carbocycles. The van der Waals surface area contributed by atoms with Crippen molar-refractivity contribution in [3.8, 4) is 27.9 Å². The molecule has 2 aromatic heterocycles. The summed E-state index contributed by atoms with van der Waals surface area (Å²) in [6.07, 6.45) is 0. The zero-order valence-corrected chi connectivity index (χ0v) is 30.9. The van der Waals surface area contributed by atoms with Gasteiger partial charge >= 0.3 is 0 Å². The Balaban J connectivity index is 1.02. The summed E-state index contributed by atoms with van der Waals surface area (Å²) in [7, 11) is 0. The van der Waals surface area contributed by atoms with Gasteiger partial charge in [0, 0.05) is 59.1 Å². The Morgan fingerprint density at radius 2 is 1.07 bits per heavy atom. The molecule has 0 saturated carbocycles. The van der Waals surface area contributed by atoms with Gasteiger partial charge in [-0.3, -0.25) is 0 Å². The summed E-state index contributed by atoms with van der Waals surface area (Å²) in [5.74, 6) is 0. The molecule has 0 bridgehead atoms. The van der Waals surface area contributed by atoms with Gasteiger partial charge in [-0.05, 0) is 112 Å². The normalized spacial score (nSPS) is 13.1. The summed E-state index contributed by atoms with van der Waals surface area (Å²) >= 11 is 1.87. The lowest BCUT2D eigenvalue weighted by molar-refractivity contribution is 0.660. The summed E-state index contributed by atoms with van der Waals surface area (Å²) in [5.41, 5.74) is 15.0. The predicted molar refractivity (Wildman–Crippen MR) is 231 cm³/mol. The van der Waals surface area contributed by atoms with Gasteiger partial charge in [-0.2, -0.15) is 0 Å². The van der Waals surface area contributed by atoms with Crippen molar-refractivity contribution in [2.75, 3.05) is 4.90 Å². The summed E-state index contributed by atoms with van der Waals surface area (Å²) < 4.78 is 4.97. The van der Waals surface area contributed by atoms with Crippen molar-refractivity contribution in [1.29, 1.82) is 0 Å². The van der Waals surface area contributed by atoms with Crippen LogP contribution >= 0.6 is 11.3 Å². The predicted octanol–water partition coefficient (Wildman–Crippen LogP) is 14.6. The highest BCUT2D eigenvalue weighted by molar-refractivity contribution is 7.25. The van der Waals surface area contributed by atoms with E-state index in [0.717, 1.165) is 11.4 Å². The lowest BCUT2D eigenvalue weighted by atomic mass is 9.82. The van der Waals surface area contributed by atoms with Crippen LogP contribution < -0.4 is 4.90 Å². The fourth-order valence-electron chi connectivity index (χ4n) is 8.95. The minimum atomic E-state index is -0.0685. The second kappa shape index (κ2) is 11.8. The number of nitrogens with zero attached hydrogens (tertiary/aromatic N) is 2. The van der Waals surface area contributed by atoms with Crippen molar-refractivity contribution in [2.45, 2.75) is 19.3 Å². The molecule has 0 fully saturated rings. The minimum absolute atomic E-state index is 0.0685. The minimum Gasteiger partial charge on any atom is -0.310 e. The van der Waals surface area contributed by atoms with Crippen LogP contribution in [0.4, 0.5) is 17.1 Å². The molecule has 11 rings (SSSR count). The standard InChI is InChI=1S/C51H36N2S/c1-51(2)45-19-11-9-17-39(45)40-25-23-37(31-46(40)51)52(35-13-5-3-6-14-35)38-24-26-42-44-30-34(22-28-49(44)54-50(42)32-38)33-21-27-48-43(29-33)41-18-10-12-20-47(41)53(48)36-15-7-4-8-16-36/h3-32H,1-2H3. The molecule has 0 spiro atoms. The van der Waals surface area contributed by atoms with Gasteiger partial charge < -0.3 is 9.47 Å². The molecular formula is C51H36N2S. The first-order valence-electron chi connectivity index (χ1n) is 18.7. The molecule has 0 radical (unpaired) electrons. The van der Waals surface area contributed by atoms with Gasteiger partial charge in [0.1, 0.15) is 0 Å². The van der Waals surface area contributed by atoms with E-state index >= 15 is 0 Å². The number of thiophene rings is 1. The van der Waals surface area contributed by atoms with Crippen molar-refractivity contribution in [1.82, 2.24) is 4.57 Å². The zero-order valence-electron chi connectivity index (χ0n) is 30.1. The fraction of sp³-hybridized carbons (Fsp3) is 0.0588. The van der Waals surface area contributed by atoms with E-state index in [0.29, 0.717) is 0 Å². The van der Waals surface area contributed by atoms with E-state index in [1.165, 1.54) is 86.7 Å². The number of rotatable bonds is 5. The number of para-hydroxylation sites is 3. The van der Waals surface area contributed by atoms with Crippen LogP contribution in [-0.2, 0) is 5.41 Å². The second-order valence-corrected chi connectivity index (χ2v) is 16.1. The lowest BCUT2D eigenvalue weighted by Crippen LogP contribution is -2.16. The number of fused-ring (bicyclic) bond motifs is 9. The molecule has 0 saturated heterocycles. The van der Waals surface area contributed by atoms with Crippen LogP contribution in [0.5, 0.6) is 0 Å². The van der Waals surface area contributed by atoms with Crippen molar-refractivity contribution in [3.63, 3.8) is 0 Å². The van der Waals surface area contributed by atoms with E-state index in [1.807, 2.05) is 11.3 Å². The molecule has 0 aliphatic heterocycles. The average Bonchev–Trinajstić information content (AvgIpc) is 3.83. The summed E-state index contributed by atoms with van der Waals surface area (Å²) in [5, 5.41) is 5.13. The Hall–Kier alpha value is -6.42. The molecule has 1 aliphatic rings. The third kappa shape index (κ3) is 4.65. The molecule has 54 heavy (non-hydrogen) atoms. The number of aromatic nitrogens is 1. The Kier molecular flexibility index (Phi) is 6.80. The van der Waals surface area contributed by atoms with Gasteiger partial charge in [-0.1, -0.05) is 117 Å². The average molecular weight is 709 g/mol. The van der Waals surface area contributed by atoms with Crippen LogP contribution in [0.2, 0.25) is 0 Å². The largest absolute Gasteiger partial charge is 0.310 e. The van der Waals surface area contributed by atoms with Gasteiger partial charge in [-0.15, -0.1) is 11.3 Å². The number of anilines is 3. The molecule has 0 atom stereocenters. The summed E-state index contributed by atoms with van der Waals surface area (Å²) in [6.45, 7) is 4.71. The molecule has 8 aromatic carbocycles. The smallest absolute Gasteiger partial charge is 0.0541 e. The van der Waals surface area contributed by atoms with Gasteiger partial charge in [0.05, 0.1) is 11.0 Å². The van der Waals surface area contributed by atoms with Crippen LogP contribution in [0.3, 0.4) is 0 Å². The topological polar surface area (TPSA) is 8.17 Å².